The number of benzene rings is 4. The number of anilines is 1. The van der Waals surface area contributed by atoms with Gasteiger partial charge >= 0.3 is 0 Å². The fraction of sp³-hybridized carbons (Fsp3) is 0.333. The number of hydrogen-bond donors (Lipinski definition) is 2. The summed E-state index contributed by atoms with van der Waals surface area (Å²) < 4.78 is 13.9. The zero-order valence-electron chi connectivity index (χ0n) is 28.3. The summed E-state index contributed by atoms with van der Waals surface area (Å²) in [6, 6.07) is 23.2. The van der Waals surface area contributed by atoms with E-state index in [1.165, 1.54) is 29.2 Å². The van der Waals surface area contributed by atoms with Gasteiger partial charge in [0, 0.05) is 22.5 Å². The van der Waals surface area contributed by atoms with Crippen LogP contribution in [-0.4, -0.2) is 44.7 Å². The van der Waals surface area contributed by atoms with Gasteiger partial charge in [-0.15, -0.1) is 0 Å². The Kier molecular flexibility index (Phi) is 7.77. The first-order valence-electron chi connectivity index (χ1n) is 18.1. The molecule has 8 nitrogen and oxygen atoms in total. The van der Waals surface area contributed by atoms with Gasteiger partial charge in [0.2, 0.25) is 11.8 Å². The van der Waals surface area contributed by atoms with Crippen molar-refractivity contribution in [3.63, 3.8) is 0 Å². The van der Waals surface area contributed by atoms with Crippen molar-refractivity contribution in [3.05, 3.63) is 119 Å². The third kappa shape index (κ3) is 4.71. The van der Waals surface area contributed by atoms with E-state index in [0.29, 0.717) is 33.6 Å². The molecule has 2 saturated carbocycles. The number of fused-ring (bicyclic) bond motifs is 5. The number of imide groups is 2. The van der Waals surface area contributed by atoms with Gasteiger partial charge in [0.1, 0.15) is 11.6 Å². The highest BCUT2D eigenvalue weighted by molar-refractivity contribution is 6.30. The molecule has 264 valence electrons. The van der Waals surface area contributed by atoms with Gasteiger partial charge in [-0.25, -0.2) is 4.39 Å². The fourth-order valence-electron chi connectivity index (χ4n) is 10.3. The zero-order chi connectivity index (χ0) is 35.9. The monoisotopic (exact) mass is 717 g/mol. The van der Waals surface area contributed by atoms with Crippen molar-refractivity contribution in [2.24, 2.45) is 23.7 Å². The van der Waals surface area contributed by atoms with Gasteiger partial charge in [-0.1, -0.05) is 85.0 Å². The minimum Gasteiger partial charge on any atom is -0.508 e. The van der Waals surface area contributed by atoms with Crippen LogP contribution in [0, 0.1) is 29.5 Å². The van der Waals surface area contributed by atoms with E-state index < -0.39 is 52.6 Å². The van der Waals surface area contributed by atoms with Gasteiger partial charge in [0.05, 0.1) is 28.9 Å². The number of halogens is 2. The average molecular weight is 718 g/mol. The maximum absolute atomic E-state index is 15.4. The van der Waals surface area contributed by atoms with Crippen molar-refractivity contribution in [2.45, 2.75) is 62.3 Å². The molecule has 0 spiro atoms. The van der Waals surface area contributed by atoms with Crippen LogP contribution in [0.4, 0.5) is 10.1 Å². The molecule has 2 saturated heterocycles. The van der Waals surface area contributed by atoms with Gasteiger partial charge < -0.3 is 5.11 Å². The van der Waals surface area contributed by atoms with E-state index in [4.69, 9.17) is 11.6 Å². The molecule has 5 aliphatic rings. The van der Waals surface area contributed by atoms with Gasteiger partial charge in [0.25, 0.3) is 11.8 Å². The number of carbonyl (C=O) groups is 4. The van der Waals surface area contributed by atoms with Gasteiger partial charge in [-0.3, -0.25) is 29.5 Å². The van der Waals surface area contributed by atoms with Crippen molar-refractivity contribution in [3.8, 4) is 5.75 Å². The number of rotatable bonds is 5. The number of aromatic hydroxyl groups is 1. The molecule has 2 N–H and O–H groups in total. The van der Waals surface area contributed by atoms with Crippen LogP contribution in [-0.2, 0) is 24.6 Å². The Morgan fingerprint density at radius 3 is 2.29 bits per heavy atom. The van der Waals surface area contributed by atoms with E-state index in [2.05, 4.69) is 5.43 Å². The summed E-state index contributed by atoms with van der Waals surface area (Å²) in [5.41, 5.74) is 3.54. The fourth-order valence-corrected chi connectivity index (χ4v) is 10.4. The molecule has 10 heteroatoms. The molecule has 4 fully saturated rings. The van der Waals surface area contributed by atoms with E-state index in [0.717, 1.165) is 48.1 Å². The van der Waals surface area contributed by atoms with Crippen LogP contribution in [0.2, 0.25) is 5.02 Å². The zero-order valence-corrected chi connectivity index (χ0v) is 29.1. The molecule has 4 aromatic carbocycles. The highest BCUT2D eigenvalue weighted by Crippen LogP contribution is 2.65. The Labute approximate surface area is 305 Å². The molecule has 4 aromatic rings. The van der Waals surface area contributed by atoms with Crippen LogP contribution in [0.5, 0.6) is 5.75 Å². The van der Waals surface area contributed by atoms with E-state index in [-0.39, 0.29) is 30.0 Å². The normalized spacial score (nSPS) is 28.9. The topological polar surface area (TPSA) is 107 Å². The van der Waals surface area contributed by atoms with E-state index in [1.807, 2.05) is 36.4 Å². The number of nitrogens with zero attached hydrogens (tertiary/aromatic N) is 2. The first-order valence-corrected chi connectivity index (χ1v) is 18.5. The Morgan fingerprint density at radius 1 is 0.808 bits per heavy atom. The second-order valence-corrected chi connectivity index (χ2v) is 15.4. The number of nitrogens with one attached hydrogen (secondary N) is 1. The van der Waals surface area contributed by atoms with Crippen molar-refractivity contribution in [1.29, 1.82) is 0 Å². The van der Waals surface area contributed by atoms with E-state index in [1.54, 1.807) is 30.3 Å². The second-order valence-electron chi connectivity index (χ2n) is 14.9. The van der Waals surface area contributed by atoms with Crippen molar-refractivity contribution in [1.82, 2.24) is 9.91 Å². The highest BCUT2D eigenvalue weighted by Gasteiger charge is 2.71. The lowest BCUT2D eigenvalue weighted by Gasteiger charge is -2.51. The van der Waals surface area contributed by atoms with E-state index >= 15 is 4.79 Å². The Morgan fingerprint density at radius 2 is 1.54 bits per heavy atom. The molecular formula is C42H37ClFN3O5. The molecule has 0 aromatic heterocycles. The van der Waals surface area contributed by atoms with Gasteiger partial charge in [0.15, 0.2) is 0 Å². The Hall–Kier alpha value is -5.02. The third-order valence-corrected chi connectivity index (χ3v) is 12.7. The maximum Gasteiger partial charge on any atom is 0.260 e. The van der Waals surface area contributed by atoms with Crippen LogP contribution < -0.4 is 5.43 Å². The summed E-state index contributed by atoms with van der Waals surface area (Å²) in [6.45, 7) is 0. The minimum atomic E-state index is -1.58. The number of amides is 4. The molecule has 0 unspecified atom stereocenters. The molecule has 6 atom stereocenters. The van der Waals surface area contributed by atoms with Crippen molar-refractivity contribution in [2.75, 3.05) is 5.43 Å². The Balaban J connectivity index is 1.28. The highest BCUT2D eigenvalue weighted by atomic mass is 35.5. The average Bonchev–Trinajstić information content (AvgIpc) is 3.54. The molecular weight excluding hydrogens is 681 g/mol. The Bertz CT molecular complexity index is 2180. The summed E-state index contributed by atoms with van der Waals surface area (Å²) >= 11 is 6.41. The number of carbonyl (C=O) groups excluding carboxylic acids is 4. The first-order chi connectivity index (χ1) is 25.2. The quantitative estimate of drug-likeness (QED) is 0.162. The summed E-state index contributed by atoms with van der Waals surface area (Å²) in [5, 5.41) is 14.9. The molecule has 3 aliphatic carbocycles. The second kappa shape index (κ2) is 12.3. The van der Waals surface area contributed by atoms with Crippen LogP contribution in [0.25, 0.3) is 10.8 Å². The molecule has 2 heterocycles. The first kappa shape index (κ1) is 32.9. The lowest BCUT2D eigenvalue weighted by Crippen LogP contribution is -2.53. The van der Waals surface area contributed by atoms with Crippen molar-refractivity contribution < 1.29 is 28.7 Å². The molecule has 0 bridgehead atoms. The smallest absolute Gasteiger partial charge is 0.260 e. The summed E-state index contributed by atoms with van der Waals surface area (Å²) in [4.78, 5) is 60.6. The molecule has 52 heavy (non-hydrogen) atoms. The molecule has 4 amide bonds. The predicted octanol–water partition coefficient (Wildman–Crippen LogP) is 7.66. The number of hydrazine groups is 1. The van der Waals surface area contributed by atoms with Gasteiger partial charge in [-0.05, 0) is 90.4 Å². The molecule has 9 rings (SSSR count). The summed E-state index contributed by atoms with van der Waals surface area (Å²) in [5.74, 6) is -5.58. The van der Waals surface area contributed by atoms with Gasteiger partial charge in [-0.2, -0.15) is 5.01 Å². The number of hydrogen-bond acceptors (Lipinski definition) is 6. The number of phenolic OH excluding ortho intramolecular Hbond substituents is 1. The largest absolute Gasteiger partial charge is 0.508 e. The molecule has 0 radical (unpaired) electrons. The predicted molar refractivity (Wildman–Crippen MR) is 193 cm³/mol. The summed E-state index contributed by atoms with van der Waals surface area (Å²) in [7, 11) is 0. The van der Waals surface area contributed by atoms with Crippen molar-refractivity contribution >= 4 is 51.7 Å². The maximum atomic E-state index is 15.4. The number of likely N-dealkylation sites (tertiary alicyclic amines) is 1. The molecule has 2 aliphatic heterocycles. The van der Waals surface area contributed by atoms with E-state index in [9.17, 15) is 23.9 Å². The number of allylic oxidation sites excluding steroid dienone is 2. The summed E-state index contributed by atoms with van der Waals surface area (Å²) in [6.07, 6.45) is 7.04. The van der Waals surface area contributed by atoms with Crippen LogP contribution in [0.1, 0.15) is 62.0 Å². The minimum absolute atomic E-state index is 0.0395. The lowest BCUT2D eigenvalue weighted by molar-refractivity contribution is -0.144. The number of phenols is 1. The standard InChI is InChI=1S/C42H37ClFN3O5/c43-25-13-11-24(12-14-25)42-33(39(50)47(41(42)52)45-27-17-15-26(44)16-18-27)22-32-30(37(42)36-29-9-5-4-6-23(29)10-21-34(36)48)19-20-31-35(32)40(51)46(38(31)49)28-7-2-1-3-8-28/h4-6,9-19,21,28,31-33,35,37,45,48H,1-3,7-8,20,22H2/t31-,32+,33-,35-,37+,42+/m0/s1. The third-order valence-electron chi connectivity index (χ3n) is 12.5. The SMILES string of the molecule is O=C1[C@@H]2C[C@@H]3C(=CC[C@@H]4C(=O)N(C5CCCCC5)C(=O)[C@@H]43)[C@H](c3c(O)ccc4ccccc34)[C@]2(c2ccc(Cl)cc2)C(=O)N1Nc1ccc(F)cc1. The lowest BCUT2D eigenvalue weighted by atomic mass is 9.48. The van der Waals surface area contributed by atoms with Crippen LogP contribution >= 0.6 is 11.6 Å². The van der Waals surface area contributed by atoms with Crippen LogP contribution in [0.15, 0.2) is 96.6 Å². The van der Waals surface area contributed by atoms with Crippen LogP contribution in [0.3, 0.4) is 0 Å².